The van der Waals surface area contributed by atoms with E-state index in [0.717, 1.165) is 27.6 Å². The summed E-state index contributed by atoms with van der Waals surface area (Å²) in [5.74, 6) is 2.00. The fourth-order valence-electron chi connectivity index (χ4n) is 3.32. The first-order chi connectivity index (χ1) is 11.1. The smallest absolute Gasteiger partial charge is 0.134 e. The Balaban J connectivity index is 1.94. The fraction of sp³-hybridized carbons (Fsp3) is 0.100. The lowest BCUT2D eigenvalue weighted by Gasteiger charge is -2.34. The zero-order valence-electron chi connectivity index (χ0n) is 13.1. The SMILES string of the molecule is C[Si]1(C)c2ccccc2Oc2c(-c3ccc(Cl)cc3)cccc21. The lowest BCUT2D eigenvalue weighted by atomic mass is 10.0. The maximum Gasteiger partial charge on any atom is 0.134 e. The maximum atomic E-state index is 6.33. The van der Waals surface area contributed by atoms with Crippen molar-refractivity contribution >= 4 is 30.0 Å². The summed E-state index contributed by atoms with van der Waals surface area (Å²) in [4.78, 5) is 0. The van der Waals surface area contributed by atoms with Gasteiger partial charge in [-0.25, -0.2) is 0 Å². The van der Waals surface area contributed by atoms with Crippen LogP contribution in [0.25, 0.3) is 11.1 Å². The Morgan fingerprint density at radius 3 is 2.26 bits per heavy atom. The van der Waals surface area contributed by atoms with E-state index in [1.54, 1.807) is 0 Å². The van der Waals surface area contributed by atoms with E-state index in [9.17, 15) is 0 Å². The topological polar surface area (TPSA) is 9.23 Å². The summed E-state index contributed by atoms with van der Waals surface area (Å²) >= 11 is 6.03. The van der Waals surface area contributed by atoms with Crippen molar-refractivity contribution in [2.24, 2.45) is 0 Å². The molecule has 1 aliphatic heterocycles. The van der Waals surface area contributed by atoms with Gasteiger partial charge in [0.1, 0.15) is 19.6 Å². The van der Waals surface area contributed by atoms with Gasteiger partial charge in [0.05, 0.1) is 0 Å². The molecule has 0 aromatic heterocycles. The molecular weight excluding hydrogens is 320 g/mol. The van der Waals surface area contributed by atoms with Crippen LogP contribution in [0, 0.1) is 0 Å². The first-order valence-electron chi connectivity index (χ1n) is 7.74. The average molecular weight is 337 g/mol. The van der Waals surface area contributed by atoms with Crippen LogP contribution >= 0.6 is 11.6 Å². The second-order valence-corrected chi connectivity index (χ2v) is 11.2. The first-order valence-corrected chi connectivity index (χ1v) is 11.1. The Labute approximate surface area is 142 Å². The minimum absolute atomic E-state index is 0.750. The highest BCUT2D eigenvalue weighted by Gasteiger charge is 2.37. The van der Waals surface area contributed by atoms with Crippen LogP contribution in [0.2, 0.25) is 18.1 Å². The molecule has 0 fully saturated rings. The molecule has 0 bridgehead atoms. The second-order valence-electron chi connectivity index (χ2n) is 6.41. The summed E-state index contributed by atoms with van der Waals surface area (Å²) in [6, 6.07) is 22.9. The van der Waals surface area contributed by atoms with E-state index in [2.05, 4.69) is 61.6 Å². The molecule has 0 saturated carbocycles. The van der Waals surface area contributed by atoms with E-state index in [1.807, 2.05) is 18.2 Å². The number of hydrogen-bond acceptors (Lipinski definition) is 1. The van der Waals surface area contributed by atoms with Crippen molar-refractivity contribution < 1.29 is 4.74 Å². The number of para-hydroxylation sites is 2. The third-order valence-electron chi connectivity index (χ3n) is 4.62. The molecule has 1 heterocycles. The Bertz CT molecular complexity index is 884. The molecule has 0 unspecified atom stereocenters. The van der Waals surface area contributed by atoms with Gasteiger partial charge < -0.3 is 4.74 Å². The van der Waals surface area contributed by atoms with Gasteiger partial charge in [-0.2, -0.15) is 0 Å². The zero-order valence-corrected chi connectivity index (χ0v) is 14.9. The Kier molecular flexibility index (Phi) is 3.33. The third kappa shape index (κ3) is 2.30. The maximum absolute atomic E-state index is 6.33. The van der Waals surface area contributed by atoms with Crippen LogP contribution in [0.1, 0.15) is 0 Å². The lowest BCUT2D eigenvalue weighted by molar-refractivity contribution is 0.488. The molecule has 4 rings (SSSR count). The van der Waals surface area contributed by atoms with Crippen LogP contribution in [0.5, 0.6) is 11.5 Å². The van der Waals surface area contributed by atoms with Crippen molar-refractivity contribution in [3.63, 3.8) is 0 Å². The summed E-state index contributed by atoms with van der Waals surface area (Å²) in [6.07, 6.45) is 0. The summed E-state index contributed by atoms with van der Waals surface area (Å²) < 4.78 is 6.33. The van der Waals surface area contributed by atoms with E-state index in [1.165, 1.54) is 10.4 Å². The average Bonchev–Trinajstić information content (AvgIpc) is 2.56. The Hall–Kier alpha value is -2.03. The van der Waals surface area contributed by atoms with Gasteiger partial charge in [0.15, 0.2) is 0 Å². The molecule has 114 valence electrons. The normalized spacial score (nSPS) is 14.6. The molecule has 0 radical (unpaired) electrons. The fourth-order valence-corrected chi connectivity index (χ4v) is 6.27. The number of halogens is 1. The van der Waals surface area contributed by atoms with Crippen LogP contribution in [-0.4, -0.2) is 8.07 Å². The van der Waals surface area contributed by atoms with E-state index in [0.29, 0.717) is 0 Å². The predicted octanol–water partition coefficient (Wildman–Crippen LogP) is 4.94. The van der Waals surface area contributed by atoms with E-state index < -0.39 is 8.07 Å². The van der Waals surface area contributed by atoms with Gasteiger partial charge in [0.25, 0.3) is 0 Å². The molecule has 0 atom stereocenters. The molecule has 3 aromatic carbocycles. The van der Waals surface area contributed by atoms with E-state index >= 15 is 0 Å². The standard InChI is InChI=1S/C20H17ClOSi/c1-23(2)18-8-4-3-7-17(18)22-20-16(6-5-9-19(20)23)14-10-12-15(21)13-11-14/h3-13H,1-2H3. The number of rotatable bonds is 1. The second kappa shape index (κ2) is 5.26. The Morgan fingerprint density at radius 1 is 0.783 bits per heavy atom. The summed E-state index contributed by atoms with van der Waals surface area (Å²) in [6.45, 7) is 4.78. The number of fused-ring (bicyclic) bond motifs is 2. The summed E-state index contributed by atoms with van der Waals surface area (Å²) in [5, 5.41) is 3.46. The van der Waals surface area contributed by atoms with Gasteiger partial charge in [-0.3, -0.25) is 0 Å². The van der Waals surface area contributed by atoms with Crippen LogP contribution in [0.4, 0.5) is 0 Å². The van der Waals surface area contributed by atoms with Gasteiger partial charge in [0.2, 0.25) is 0 Å². The van der Waals surface area contributed by atoms with E-state index in [4.69, 9.17) is 16.3 Å². The van der Waals surface area contributed by atoms with Crippen LogP contribution < -0.4 is 15.1 Å². The van der Waals surface area contributed by atoms with Crippen molar-refractivity contribution in [3.05, 3.63) is 71.8 Å². The van der Waals surface area contributed by atoms with Gasteiger partial charge in [-0.05, 0) is 34.1 Å². The largest absolute Gasteiger partial charge is 0.457 e. The zero-order chi connectivity index (χ0) is 16.0. The van der Waals surface area contributed by atoms with Crippen molar-refractivity contribution in [2.75, 3.05) is 0 Å². The van der Waals surface area contributed by atoms with Gasteiger partial charge in [-0.1, -0.05) is 73.2 Å². The minimum Gasteiger partial charge on any atom is -0.457 e. The number of benzene rings is 3. The Morgan fingerprint density at radius 2 is 1.48 bits per heavy atom. The van der Waals surface area contributed by atoms with Gasteiger partial charge in [-0.15, -0.1) is 0 Å². The molecule has 0 spiro atoms. The minimum atomic E-state index is -1.76. The molecule has 3 aromatic rings. The first kappa shape index (κ1) is 14.6. The molecule has 0 amide bonds. The molecule has 3 heteroatoms. The predicted molar refractivity (Wildman–Crippen MR) is 100 cm³/mol. The molecule has 1 nitrogen and oxygen atoms in total. The monoisotopic (exact) mass is 336 g/mol. The highest BCUT2D eigenvalue weighted by Crippen LogP contribution is 2.37. The molecular formula is C20H17ClOSi. The lowest BCUT2D eigenvalue weighted by Crippen LogP contribution is -2.56. The quantitative estimate of drug-likeness (QED) is 0.572. The van der Waals surface area contributed by atoms with Crippen molar-refractivity contribution in [1.82, 2.24) is 0 Å². The molecule has 0 N–H and O–H groups in total. The number of ether oxygens (including phenoxy) is 1. The van der Waals surface area contributed by atoms with Crippen molar-refractivity contribution in [1.29, 1.82) is 0 Å². The molecule has 0 saturated heterocycles. The van der Waals surface area contributed by atoms with Crippen molar-refractivity contribution in [3.8, 4) is 22.6 Å². The van der Waals surface area contributed by atoms with Crippen LogP contribution in [0.3, 0.4) is 0 Å². The molecule has 23 heavy (non-hydrogen) atoms. The third-order valence-corrected chi connectivity index (χ3v) is 8.37. The van der Waals surface area contributed by atoms with Crippen LogP contribution in [0.15, 0.2) is 66.7 Å². The summed E-state index contributed by atoms with van der Waals surface area (Å²) in [5.41, 5.74) is 2.27. The van der Waals surface area contributed by atoms with Gasteiger partial charge >= 0.3 is 0 Å². The highest BCUT2D eigenvalue weighted by atomic mass is 35.5. The van der Waals surface area contributed by atoms with E-state index in [-0.39, 0.29) is 0 Å². The van der Waals surface area contributed by atoms with Crippen molar-refractivity contribution in [2.45, 2.75) is 13.1 Å². The number of hydrogen-bond donors (Lipinski definition) is 0. The van der Waals surface area contributed by atoms with Crippen LogP contribution in [-0.2, 0) is 0 Å². The molecule has 0 aliphatic carbocycles. The molecule has 1 aliphatic rings. The highest BCUT2D eigenvalue weighted by molar-refractivity contribution is 7.01. The summed E-state index contributed by atoms with van der Waals surface area (Å²) in [7, 11) is -1.76. The van der Waals surface area contributed by atoms with Gasteiger partial charge in [0, 0.05) is 10.6 Å².